The topological polar surface area (TPSA) is 59.1 Å². The minimum atomic E-state index is -0.322. The van der Waals surface area contributed by atoms with Gasteiger partial charge >= 0.3 is 5.97 Å². The average molecular weight is 711 g/mol. The minimum Gasteiger partial charge on any atom is -0.484 e. The summed E-state index contributed by atoms with van der Waals surface area (Å²) in [5.74, 6) is 1.86. The standard InChI is InChI=1S/C47H54N2O4/c1-33(50)31-49-29-27-47-40-24-25-41(46(47)53-45-43(52-34(2)51)26-23-38(44(45)47)30-42(40)49)48(28-15-4-3-8-16-35-17-9-5-10-18-35)32-39(36-19-11-6-12-20-36)37-21-13-7-14-22-37/h5-7,9-14,17-23,26,39-42,46H,3-4,8,15-16,24-25,27-32H2,1-2H3/t40-,41+,42+,46-,47-/m0/s1. The number of benzene rings is 4. The number of likely N-dealkylation sites (tertiary alicyclic amines) is 1. The summed E-state index contributed by atoms with van der Waals surface area (Å²) in [7, 11) is 0. The molecule has 2 aliphatic heterocycles. The number of ether oxygens (including phenoxy) is 2. The molecule has 2 bridgehead atoms. The summed E-state index contributed by atoms with van der Waals surface area (Å²) in [4.78, 5) is 30.1. The molecule has 1 spiro atoms. The Bertz CT molecular complexity index is 1840. The molecule has 6 heteroatoms. The van der Waals surface area contributed by atoms with Crippen molar-refractivity contribution >= 4 is 11.8 Å². The number of aryl methyl sites for hydroxylation is 1. The predicted molar refractivity (Wildman–Crippen MR) is 210 cm³/mol. The van der Waals surface area contributed by atoms with Crippen molar-refractivity contribution in [3.05, 3.63) is 131 Å². The van der Waals surface area contributed by atoms with E-state index in [2.05, 4.69) is 107 Å². The number of nitrogens with zero attached hydrogens (tertiary/aromatic N) is 2. The molecule has 0 amide bonds. The lowest BCUT2D eigenvalue weighted by molar-refractivity contribution is -0.132. The second kappa shape index (κ2) is 15.6. The summed E-state index contributed by atoms with van der Waals surface area (Å²) in [5.41, 5.74) is 6.50. The first kappa shape index (κ1) is 35.8. The van der Waals surface area contributed by atoms with Crippen LogP contribution in [0.2, 0.25) is 0 Å². The molecule has 0 N–H and O–H groups in total. The van der Waals surface area contributed by atoms with Gasteiger partial charge in [0.15, 0.2) is 11.5 Å². The van der Waals surface area contributed by atoms with Gasteiger partial charge in [0.05, 0.1) is 6.54 Å². The zero-order valence-corrected chi connectivity index (χ0v) is 31.4. The Morgan fingerprint density at radius 2 is 1.53 bits per heavy atom. The highest BCUT2D eigenvalue weighted by Crippen LogP contribution is 2.64. The van der Waals surface area contributed by atoms with Crippen LogP contribution in [0, 0.1) is 5.92 Å². The number of hydrogen-bond acceptors (Lipinski definition) is 6. The van der Waals surface area contributed by atoms with Gasteiger partial charge in [0, 0.05) is 42.4 Å². The van der Waals surface area contributed by atoms with E-state index >= 15 is 0 Å². The fourth-order valence-corrected chi connectivity index (χ4v) is 10.7. The first-order valence-electron chi connectivity index (χ1n) is 20.0. The maximum atomic E-state index is 12.5. The van der Waals surface area contributed by atoms with Crippen molar-refractivity contribution in [2.75, 3.05) is 26.2 Å². The van der Waals surface area contributed by atoms with E-state index in [4.69, 9.17) is 9.47 Å². The summed E-state index contributed by atoms with van der Waals surface area (Å²) in [6.07, 6.45) is 9.80. The highest BCUT2D eigenvalue weighted by Gasteiger charge is 2.66. The fraction of sp³-hybridized carbons (Fsp3) is 0.447. The van der Waals surface area contributed by atoms with Crippen molar-refractivity contribution in [1.29, 1.82) is 0 Å². The van der Waals surface area contributed by atoms with Gasteiger partial charge in [-0.2, -0.15) is 0 Å². The zero-order valence-electron chi connectivity index (χ0n) is 31.4. The van der Waals surface area contributed by atoms with Crippen LogP contribution in [0.1, 0.15) is 92.5 Å². The number of Topliss-reactive ketones (excluding diaryl/α,β-unsaturated/α-hetero) is 1. The molecule has 4 aromatic carbocycles. The van der Waals surface area contributed by atoms with E-state index in [0.717, 1.165) is 63.9 Å². The second-order valence-electron chi connectivity index (χ2n) is 16.1. The van der Waals surface area contributed by atoms with Crippen molar-refractivity contribution in [3.63, 3.8) is 0 Å². The molecular weight excluding hydrogens is 657 g/mol. The lowest BCUT2D eigenvalue weighted by Crippen LogP contribution is -2.69. The Morgan fingerprint density at radius 1 is 0.849 bits per heavy atom. The number of rotatable bonds is 15. The third-order valence-corrected chi connectivity index (χ3v) is 12.9. The monoisotopic (exact) mass is 710 g/mol. The first-order valence-corrected chi connectivity index (χ1v) is 20.0. The number of hydrogen-bond donors (Lipinski definition) is 0. The zero-order chi connectivity index (χ0) is 36.4. The molecule has 5 atom stereocenters. The Labute approximate surface area is 315 Å². The Kier molecular flexibility index (Phi) is 10.5. The van der Waals surface area contributed by atoms with Gasteiger partial charge < -0.3 is 9.47 Å². The van der Waals surface area contributed by atoms with Crippen LogP contribution in [0.4, 0.5) is 0 Å². The number of piperidine rings is 1. The molecule has 276 valence electrons. The molecule has 1 saturated heterocycles. The molecule has 0 unspecified atom stereocenters. The van der Waals surface area contributed by atoms with Crippen LogP contribution in [-0.4, -0.2) is 65.9 Å². The van der Waals surface area contributed by atoms with Gasteiger partial charge in [0.25, 0.3) is 0 Å². The summed E-state index contributed by atoms with van der Waals surface area (Å²) in [5, 5.41) is 0. The van der Waals surface area contributed by atoms with Crippen LogP contribution in [0.3, 0.4) is 0 Å². The maximum absolute atomic E-state index is 12.5. The molecule has 0 aromatic heterocycles. The molecule has 4 aromatic rings. The van der Waals surface area contributed by atoms with E-state index < -0.39 is 0 Å². The molecule has 0 radical (unpaired) electrons. The van der Waals surface area contributed by atoms with Gasteiger partial charge in [-0.15, -0.1) is 0 Å². The maximum Gasteiger partial charge on any atom is 0.308 e. The smallest absolute Gasteiger partial charge is 0.308 e. The third-order valence-electron chi connectivity index (χ3n) is 12.9. The van der Waals surface area contributed by atoms with Crippen LogP contribution in [0.25, 0.3) is 0 Å². The van der Waals surface area contributed by atoms with Crippen molar-refractivity contribution in [2.24, 2.45) is 5.92 Å². The van der Waals surface area contributed by atoms with Crippen LogP contribution in [-0.2, 0) is 27.8 Å². The highest BCUT2D eigenvalue weighted by atomic mass is 16.6. The molecule has 6 nitrogen and oxygen atoms in total. The van der Waals surface area contributed by atoms with Gasteiger partial charge in [0.2, 0.25) is 0 Å². The molecule has 4 aliphatic rings. The number of ketones is 1. The van der Waals surface area contributed by atoms with Crippen LogP contribution >= 0.6 is 0 Å². The van der Waals surface area contributed by atoms with Crippen LogP contribution in [0.15, 0.2) is 103 Å². The van der Waals surface area contributed by atoms with Gasteiger partial charge in [-0.3, -0.25) is 19.4 Å². The van der Waals surface area contributed by atoms with Gasteiger partial charge in [-0.25, -0.2) is 0 Å². The Morgan fingerprint density at radius 3 is 2.21 bits per heavy atom. The van der Waals surface area contributed by atoms with E-state index in [9.17, 15) is 9.59 Å². The van der Waals surface area contributed by atoms with E-state index in [0.29, 0.717) is 24.3 Å². The van der Waals surface area contributed by atoms with Gasteiger partial charge in [0.1, 0.15) is 11.9 Å². The fourth-order valence-electron chi connectivity index (χ4n) is 10.7. The summed E-state index contributed by atoms with van der Waals surface area (Å²) in [6.45, 7) is 6.49. The van der Waals surface area contributed by atoms with E-state index in [1.165, 1.54) is 54.0 Å². The van der Waals surface area contributed by atoms with Gasteiger partial charge in [-0.1, -0.05) is 110 Å². The summed E-state index contributed by atoms with van der Waals surface area (Å²) < 4.78 is 13.2. The molecular formula is C47H54N2O4. The molecule has 2 heterocycles. The molecule has 1 saturated carbocycles. The lowest BCUT2D eigenvalue weighted by atomic mass is 9.51. The third kappa shape index (κ3) is 7.08. The Hall–Kier alpha value is -4.26. The van der Waals surface area contributed by atoms with Crippen LogP contribution in [0.5, 0.6) is 11.5 Å². The summed E-state index contributed by atoms with van der Waals surface area (Å²) >= 11 is 0. The molecule has 2 aliphatic carbocycles. The number of carbonyl (C=O) groups excluding carboxylic acids is 2. The number of unbranched alkanes of at least 4 members (excludes halogenated alkanes) is 3. The molecule has 8 rings (SSSR count). The lowest BCUT2D eigenvalue weighted by Gasteiger charge is -2.60. The SMILES string of the molecule is CC(=O)CN1CC[C@]23c4c5ccc(OC(C)=O)c4O[C@H]2[C@H](N(CCCCCCc2ccccc2)CC(c2ccccc2)c2ccccc2)CC[C@H]3[C@H]1C5. The van der Waals surface area contributed by atoms with Crippen molar-refractivity contribution in [1.82, 2.24) is 9.80 Å². The van der Waals surface area contributed by atoms with E-state index in [1.807, 2.05) is 6.07 Å². The average Bonchev–Trinajstić information content (AvgIpc) is 3.52. The molecule has 2 fully saturated rings. The summed E-state index contributed by atoms with van der Waals surface area (Å²) in [6, 6.07) is 37.5. The predicted octanol–water partition coefficient (Wildman–Crippen LogP) is 8.55. The highest BCUT2D eigenvalue weighted by molar-refractivity contribution is 5.78. The Balaban J connectivity index is 1.13. The minimum absolute atomic E-state index is 0.0562. The van der Waals surface area contributed by atoms with Crippen LogP contribution < -0.4 is 9.47 Å². The molecule has 53 heavy (non-hydrogen) atoms. The largest absolute Gasteiger partial charge is 0.484 e. The number of carbonyl (C=O) groups is 2. The normalized spacial score (nSPS) is 24.2. The van der Waals surface area contributed by atoms with E-state index in [1.54, 1.807) is 6.92 Å². The number of esters is 1. The van der Waals surface area contributed by atoms with E-state index in [-0.39, 0.29) is 35.2 Å². The first-order chi connectivity index (χ1) is 25.9. The van der Waals surface area contributed by atoms with Gasteiger partial charge in [-0.05, 0) is 99.2 Å². The van der Waals surface area contributed by atoms with Crippen molar-refractivity contribution in [2.45, 2.75) is 101 Å². The van der Waals surface area contributed by atoms with Crippen molar-refractivity contribution in [3.8, 4) is 11.5 Å². The quantitative estimate of drug-likeness (QED) is 0.0701. The van der Waals surface area contributed by atoms with Crippen molar-refractivity contribution < 1.29 is 19.1 Å². The second-order valence-corrected chi connectivity index (χ2v) is 16.1.